The van der Waals surface area contributed by atoms with E-state index in [4.69, 9.17) is 4.74 Å². The Kier molecular flexibility index (Phi) is 4.02. The molecule has 0 amide bonds. The predicted octanol–water partition coefficient (Wildman–Crippen LogP) is 2.62. The molecule has 3 nitrogen and oxygen atoms in total. The average Bonchev–Trinajstić information content (AvgIpc) is 2.70. The van der Waals surface area contributed by atoms with Crippen molar-refractivity contribution >= 4 is 5.69 Å². The van der Waals surface area contributed by atoms with Gasteiger partial charge in [0.05, 0.1) is 18.8 Å². The largest absolute Gasteiger partial charge is 0.490 e. The van der Waals surface area contributed by atoms with Crippen LogP contribution in [-0.4, -0.2) is 38.7 Å². The van der Waals surface area contributed by atoms with Crippen LogP contribution in [0.3, 0.4) is 0 Å². The number of halogens is 2. The van der Waals surface area contributed by atoms with Crippen LogP contribution in [0.25, 0.3) is 0 Å². The molecular formula is C16H22F2N2O. The van der Waals surface area contributed by atoms with Gasteiger partial charge in [0.25, 0.3) is 5.92 Å². The van der Waals surface area contributed by atoms with E-state index in [9.17, 15) is 8.78 Å². The van der Waals surface area contributed by atoms with Gasteiger partial charge in [-0.2, -0.15) is 0 Å². The summed E-state index contributed by atoms with van der Waals surface area (Å²) in [5.74, 6) is -1.89. The standard InChI is InChI=1S/C16H22F2N2O/c1-2-16(17,18)11-20-7-8-21-15-10-13-4-6-19-5-3-12(13)9-14(15)20/h9-10,19H,2-8,11H2,1H3. The second-order valence-electron chi connectivity index (χ2n) is 5.82. The van der Waals surface area contributed by atoms with Gasteiger partial charge in [0, 0.05) is 6.42 Å². The van der Waals surface area contributed by atoms with Crippen molar-refractivity contribution in [1.29, 1.82) is 0 Å². The first kappa shape index (κ1) is 14.6. The van der Waals surface area contributed by atoms with Gasteiger partial charge < -0.3 is 15.0 Å². The van der Waals surface area contributed by atoms with Crippen LogP contribution in [0.15, 0.2) is 12.1 Å². The smallest absolute Gasteiger partial charge is 0.264 e. The second-order valence-corrected chi connectivity index (χ2v) is 5.82. The molecule has 0 aromatic heterocycles. The number of fused-ring (bicyclic) bond motifs is 2. The number of hydrogen-bond donors (Lipinski definition) is 1. The number of nitrogens with zero attached hydrogens (tertiary/aromatic N) is 1. The fourth-order valence-corrected chi connectivity index (χ4v) is 2.99. The van der Waals surface area contributed by atoms with Crippen molar-refractivity contribution in [3.05, 3.63) is 23.3 Å². The Morgan fingerprint density at radius 1 is 1.24 bits per heavy atom. The molecule has 1 aromatic carbocycles. The van der Waals surface area contributed by atoms with E-state index in [2.05, 4.69) is 11.4 Å². The van der Waals surface area contributed by atoms with Gasteiger partial charge in [-0.25, -0.2) is 8.78 Å². The van der Waals surface area contributed by atoms with E-state index in [1.165, 1.54) is 18.1 Å². The molecule has 1 aromatic rings. The van der Waals surface area contributed by atoms with Crippen molar-refractivity contribution in [2.45, 2.75) is 32.1 Å². The third-order valence-corrected chi connectivity index (χ3v) is 4.32. The summed E-state index contributed by atoms with van der Waals surface area (Å²) < 4.78 is 33.2. The van der Waals surface area contributed by atoms with Crippen LogP contribution in [0.4, 0.5) is 14.5 Å². The lowest BCUT2D eigenvalue weighted by atomic mass is 10.00. The molecule has 0 unspecified atom stereocenters. The molecule has 0 saturated heterocycles. The number of benzene rings is 1. The van der Waals surface area contributed by atoms with E-state index in [0.717, 1.165) is 37.4 Å². The summed E-state index contributed by atoms with van der Waals surface area (Å²) in [5.41, 5.74) is 3.37. The Morgan fingerprint density at radius 2 is 1.95 bits per heavy atom. The highest BCUT2D eigenvalue weighted by Crippen LogP contribution is 2.37. The van der Waals surface area contributed by atoms with Gasteiger partial charge >= 0.3 is 0 Å². The van der Waals surface area contributed by atoms with Gasteiger partial charge in [-0.05, 0) is 49.2 Å². The van der Waals surface area contributed by atoms with Crippen LogP contribution in [0.5, 0.6) is 5.75 Å². The van der Waals surface area contributed by atoms with Gasteiger partial charge in [0.2, 0.25) is 0 Å². The van der Waals surface area contributed by atoms with Crippen LogP contribution in [-0.2, 0) is 12.8 Å². The molecule has 2 heterocycles. The molecule has 3 rings (SSSR count). The van der Waals surface area contributed by atoms with E-state index in [1.807, 2.05) is 6.07 Å². The average molecular weight is 296 g/mol. The first-order chi connectivity index (χ1) is 10.1. The molecule has 0 aliphatic carbocycles. The van der Waals surface area contributed by atoms with E-state index in [-0.39, 0.29) is 13.0 Å². The number of hydrogen-bond acceptors (Lipinski definition) is 3. The van der Waals surface area contributed by atoms with Crippen molar-refractivity contribution in [3.63, 3.8) is 0 Å². The molecule has 0 saturated carbocycles. The number of nitrogens with one attached hydrogen (secondary N) is 1. The second kappa shape index (κ2) is 5.79. The zero-order valence-electron chi connectivity index (χ0n) is 12.4. The minimum atomic E-state index is -2.65. The van der Waals surface area contributed by atoms with Gasteiger partial charge in [-0.3, -0.25) is 0 Å². The summed E-state index contributed by atoms with van der Waals surface area (Å²) in [6, 6.07) is 4.11. The highest BCUT2D eigenvalue weighted by Gasteiger charge is 2.32. The summed E-state index contributed by atoms with van der Waals surface area (Å²) in [6.07, 6.45) is 1.78. The molecule has 0 fully saturated rings. The van der Waals surface area contributed by atoms with Gasteiger partial charge in [0.15, 0.2) is 0 Å². The van der Waals surface area contributed by atoms with Crippen LogP contribution < -0.4 is 15.0 Å². The molecule has 0 radical (unpaired) electrons. The quantitative estimate of drug-likeness (QED) is 0.928. The first-order valence-electron chi connectivity index (χ1n) is 7.71. The van der Waals surface area contributed by atoms with E-state index in [1.54, 1.807) is 4.90 Å². The highest BCUT2D eigenvalue weighted by atomic mass is 19.3. The molecule has 5 heteroatoms. The molecule has 0 spiro atoms. The number of ether oxygens (including phenoxy) is 1. The summed E-state index contributed by atoms with van der Waals surface area (Å²) in [5, 5.41) is 3.37. The van der Waals surface area contributed by atoms with E-state index in [0.29, 0.717) is 13.2 Å². The maximum Gasteiger partial charge on any atom is 0.264 e. The SMILES string of the molecule is CCC(F)(F)CN1CCOc2cc3c(cc21)CCNCC3. The van der Waals surface area contributed by atoms with Crippen molar-refractivity contribution in [3.8, 4) is 5.75 Å². The van der Waals surface area contributed by atoms with Crippen LogP contribution in [0, 0.1) is 0 Å². The molecule has 1 N–H and O–H groups in total. The Hall–Kier alpha value is -1.36. The topological polar surface area (TPSA) is 24.5 Å². The molecule has 21 heavy (non-hydrogen) atoms. The third kappa shape index (κ3) is 3.12. The van der Waals surface area contributed by atoms with Crippen LogP contribution in [0.2, 0.25) is 0 Å². The van der Waals surface area contributed by atoms with Crippen molar-refractivity contribution < 1.29 is 13.5 Å². The Bertz CT molecular complexity index is 519. The molecule has 2 aliphatic rings. The minimum absolute atomic E-state index is 0.130. The zero-order chi connectivity index (χ0) is 14.9. The molecule has 0 atom stereocenters. The lowest BCUT2D eigenvalue weighted by Gasteiger charge is -2.34. The number of anilines is 1. The first-order valence-corrected chi connectivity index (χ1v) is 7.71. The maximum atomic E-state index is 13.7. The third-order valence-electron chi connectivity index (χ3n) is 4.32. The van der Waals surface area contributed by atoms with Gasteiger partial charge in [0.1, 0.15) is 12.4 Å². The Morgan fingerprint density at radius 3 is 2.67 bits per heavy atom. The molecular weight excluding hydrogens is 274 g/mol. The highest BCUT2D eigenvalue weighted by molar-refractivity contribution is 5.63. The molecule has 0 bridgehead atoms. The predicted molar refractivity (Wildman–Crippen MR) is 79.7 cm³/mol. The fraction of sp³-hybridized carbons (Fsp3) is 0.625. The van der Waals surface area contributed by atoms with Crippen LogP contribution >= 0.6 is 0 Å². The van der Waals surface area contributed by atoms with E-state index < -0.39 is 5.92 Å². The maximum absolute atomic E-state index is 13.7. The number of alkyl halides is 2. The summed E-state index contributed by atoms with van der Waals surface area (Å²) in [7, 11) is 0. The van der Waals surface area contributed by atoms with E-state index >= 15 is 0 Å². The van der Waals surface area contributed by atoms with Crippen LogP contribution in [0.1, 0.15) is 24.5 Å². The molecule has 2 aliphatic heterocycles. The summed E-state index contributed by atoms with van der Waals surface area (Å²) in [4.78, 5) is 1.78. The summed E-state index contributed by atoms with van der Waals surface area (Å²) >= 11 is 0. The van der Waals surface area contributed by atoms with Crippen molar-refractivity contribution in [2.75, 3.05) is 37.7 Å². The van der Waals surface area contributed by atoms with Crippen molar-refractivity contribution in [1.82, 2.24) is 5.32 Å². The van der Waals surface area contributed by atoms with Crippen molar-refractivity contribution in [2.24, 2.45) is 0 Å². The van der Waals surface area contributed by atoms with Gasteiger partial charge in [-0.15, -0.1) is 0 Å². The lowest BCUT2D eigenvalue weighted by molar-refractivity contribution is 0.00415. The normalized spacial score (nSPS) is 18.5. The monoisotopic (exact) mass is 296 g/mol. The van der Waals surface area contributed by atoms with Gasteiger partial charge in [-0.1, -0.05) is 6.92 Å². The zero-order valence-corrected chi connectivity index (χ0v) is 12.4. The molecule has 116 valence electrons. The Balaban J connectivity index is 1.91. The fourth-order valence-electron chi connectivity index (χ4n) is 2.99. The lowest BCUT2D eigenvalue weighted by Crippen LogP contribution is -2.41. The minimum Gasteiger partial charge on any atom is -0.490 e. The summed E-state index contributed by atoms with van der Waals surface area (Å²) in [6.45, 7) is 4.21. The number of rotatable bonds is 3. The Labute approximate surface area is 124 Å².